The minimum absolute atomic E-state index is 0.0776. The molecule has 0 aromatic heterocycles. The van der Waals surface area contributed by atoms with E-state index in [1.165, 1.54) is 11.1 Å². The maximum atomic E-state index is 13.4. The molecule has 0 spiro atoms. The summed E-state index contributed by atoms with van der Waals surface area (Å²) >= 11 is 0. The van der Waals surface area contributed by atoms with Crippen molar-refractivity contribution in [2.75, 3.05) is 0 Å². The number of esters is 3. The van der Waals surface area contributed by atoms with Gasteiger partial charge in [0, 0.05) is 24.7 Å². The molecule has 31 heavy (non-hydrogen) atoms. The normalized spacial score (nSPS) is 34.4. The Balaban J connectivity index is 1.35. The first-order valence-corrected chi connectivity index (χ1v) is 11.3. The summed E-state index contributed by atoms with van der Waals surface area (Å²) in [6.45, 7) is 7.58. The quantitative estimate of drug-likeness (QED) is 0.531. The molecule has 2 saturated carbocycles. The summed E-state index contributed by atoms with van der Waals surface area (Å²) in [5.41, 5.74) is 1.14. The van der Waals surface area contributed by atoms with Crippen molar-refractivity contribution < 1.29 is 28.6 Å². The SMILES string of the molecule is CCC(C)(C)C(=O)OC1C2CC3C1OC(=O)C3C2C(=O)OC1(C)Cc2ccccc2C1. The minimum atomic E-state index is -0.624. The third-order valence-electron chi connectivity index (χ3n) is 8.09. The number of hydrogen-bond donors (Lipinski definition) is 0. The van der Waals surface area contributed by atoms with Crippen molar-refractivity contribution in [3.63, 3.8) is 0 Å². The zero-order valence-electron chi connectivity index (χ0n) is 18.6. The molecule has 0 amide bonds. The van der Waals surface area contributed by atoms with E-state index < -0.39 is 35.1 Å². The van der Waals surface area contributed by atoms with Crippen LogP contribution in [0.15, 0.2) is 24.3 Å². The minimum Gasteiger partial charge on any atom is -0.458 e. The van der Waals surface area contributed by atoms with Crippen LogP contribution in [0.1, 0.15) is 51.7 Å². The van der Waals surface area contributed by atoms with Crippen LogP contribution in [0.2, 0.25) is 0 Å². The number of hydrogen-bond acceptors (Lipinski definition) is 6. The Morgan fingerprint density at radius 3 is 2.42 bits per heavy atom. The fourth-order valence-electron chi connectivity index (χ4n) is 6.05. The molecule has 166 valence electrons. The molecule has 3 aliphatic carbocycles. The van der Waals surface area contributed by atoms with Crippen LogP contribution < -0.4 is 0 Å². The molecule has 1 aromatic rings. The number of fused-ring (bicyclic) bond motifs is 2. The van der Waals surface area contributed by atoms with Gasteiger partial charge in [-0.2, -0.15) is 0 Å². The lowest BCUT2D eigenvalue weighted by Crippen LogP contribution is -2.47. The summed E-state index contributed by atoms with van der Waals surface area (Å²) in [6, 6.07) is 8.12. The van der Waals surface area contributed by atoms with E-state index in [4.69, 9.17) is 14.2 Å². The monoisotopic (exact) mass is 426 g/mol. The van der Waals surface area contributed by atoms with E-state index in [9.17, 15) is 14.4 Å². The van der Waals surface area contributed by atoms with E-state index in [2.05, 4.69) is 12.1 Å². The molecule has 6 unspecified atom stereocenters. The van der Waals surface area contributed by atoms with Gasteiger partial charge in [-0.05, 0) is 44.7 Å². The fourth-order valence-corrected chi connectivity index (χ4v) is 6.05. The third-order valence-corrected chi connectivity index (χ3v) is 8.09. The molecule has 0 N–H and O–H groups in total. The van der Waals surface area contributed by atoms with Gasteiger partial charge in [0.15, 0.2) is 0 Å². The molecule has 2 bridgehead atoms. The molecule has 1 aliphatic heterocycles. The van der Waals surface area contributed by atoms with Gasteiger partial charge in [0.05, 0.1) is 17.3 Å². The highest BCUT2D eigenvalue weighted by molar-refractivity contribution is 5.86. The lowest BCUT2D eigenvalue weighted by molar-refractivity contribution is -0.177. The molecule has 5 rings (SSSR count). The smallest absolute Gasteiger partial charge is 0.311 e. The van der Waals surface area contributed by atoms with Crippen LogP contribution in [0.4, 0.5) is 0 Å². The maximum Gasteiger partial charge on any atom is 0.311 e. The molecule has 6 nitrogen and oxygen atoms in total. The van der Waals surface area contributed by atoms with Gasteiger partial charge in [0.25, 0.3) is 0 Å². The predicted molar refractivity (Wildman–Crippen MR) is 111 cm³/mol. The Morgan fingerprint density at radius 1 is 1.16 bits per heavy atom. The molecule has 6 atom stereocenters. The molecular weight excluding hydrogens is 396 g/mol. The average Bonchev–Trinajstić information content (AvgIpc) is 3.41. The highest BCUT2D eigenvalue weighted by Gasteiger charge is 2.70. The first kappa shape index (κ1) is 20.5. The van der Waals surface area contributed by atoms with E-state index in [-0.39, 0.29) is 29.7 Å². The van der Waals surface area contributed by atoms with Gasteiger partial charge in [-0.15, -0.1) is 0 Å². The van der Waals surface area contributed by atoms with Crippen LogP contribution >= 0.6 is 0 Å². The second-order valence-corrected chi connectivity index (χ2v) is 10.6. The molecule has 6 heteroatoms. The number of carbonyl (C=O) groups excluding carboxylic acids is 3. The molecule has 4 aliphatic rings. The Labute approximate surface area is 182 Å². The molecule has 0 radical (unpaired) electrons. The Morgan fingerprint density at radius 2 is 1.81 bits per heavy atom. The van der Waals surface area contributed by atoms with Crippen LogP contribution in [-0.4, -0.2) is 35.7 Å². The predicted octanol–water partition coefficient (Wildman–Crippen LogP) is 3.24. The van der Waals surface area contributed by atoms with Crippen LogP contribution in [0, 0.1) is 29.1 Å². The zero-order valence-corrected chi connectivity index (χ0v) is 18.6. The van der Waals surface area contributed by atoms with Crippen molar-refractivity contribution in [2.24, 2.45) is 29.1 Å². The summed E-state index contributed by atoms with van der Waals surface area (Å²) in [4.78, 5) is 38.7. The molecular formula is C25H30O6. The number of carbonyl (C=O) groups is 3. The van der Waals surface area contributed by atoms with E-state index in [0.717, 1.165) is 0 Å². The molecule has 3 fully saturated rings. The summed E-state index contributed by atoms with van der Waals surface area (Å²) in [7, 11) is 0. The Bertz CT molecular complexity index is 924. The highest BCUT2D eigenvalue weighted by atomic mass is 16.6. The van der Waals surface area contributed by atoms with E-state index in [0.29, 0.717) is 25.7 Å². The van der Waals surface area contributed by atoms with Crippen molar-refractivity contribution >= 4 is 17.9 Å². The summed E-state index contributed by atoms with van der Waals surface area (Å²) in [5, 5.41) is 0. The highest BCUT2D eigenvalue weighted by Crippen LogP contribution is 2.59. The lowest BCUT2D eigenvalue weighted by Gasteiger charge is -2.34. The standard InChI is InChI=1S/C25H30O6/c1-5-24(2,3)23(28)30-20-16-10-15-17(21(26)29-19(15)20)18(16)22(27)31-25(4)11-13-8-6-7-9-14(13)12-25/h6-9,15-20H,5,10-12H2,1-4H3. The summed E-state index contributed by atoms with van der Waals surface area (Å²) in [5.74, 6) is -2.43. The second-order valence-electron chi connectivity index (χ2n) is 10.6. The average molecular weight is 427 g/mol. The van der Waals surface area contributed by atoms with Crippen LogP contribution in [0.5, 0.6) is 0 Å². The molecule has 1 aromatic carbocycles. The van der Waals surface area contributed by atoms with Crippen molar-refractivity contribution in [3.05, 3.63) is 35.4 Å². The van der Waals surface area contributed by atoms with E-state index in [1.54, 1.807) is 0 Å². The fraction of sp³-hybridized carbons (Fsp3) is 0.640. The van der Waals surface area contributed by atoms with Crippen LogP contribution in [0.3, 0.4) is 0 Å². The van der Waals surface area contributed by atoms with Gasteiger partial charge in [-0.25, -0.2) is 0 Å². The summed E-state index contributed by atoms with van der Waals surface area (Å²) in [6.07, 6.45) is 1.62. The number of benzene rings is 1. The van der Waals surface area contributed by atoms with E-state index >= 15 is 0 Å². The first-order valence-electron chi connectivity index (χ1n) is 11.3. The number of rotatable bonds is 5. The number of ether oxygens (including phenoxy) is 3. The molecule has 1 heterocycles. The topological polar surface area (TPSA) is 78.9 Å². The molecule has 1 saturated heterocycles. The maximum absolute atomic E-state index is 13.4. The van der Waals surface area contributed by atoms with Gasteiger partial charge in [-0.1, -0.05) is 31.2 Å². The second kappa shape index (κ2) is 6.81. The Hall–Kier alpha value is -2.37. The van der Waals surface area contributed by atoms with Crippen molar-refractivity contribution in [1.29, 1.82) is 0 Å². The van der Waals surface area contributed by atoms with Crippen molar-refractivity contribution in [2.45, 2.75) is 71.2 Å². The summed E-state index contributed by atoms with van der Waals surface area (Å²) < 4.78 is 17.6. The van der Waals surface area contributed by atoms with Gasteiger partial charge in [0.2, 0.25) is 0 Å². The first-order chi connectivity index (χ1) is 14.6. The van der Waals surface area contributed by atoms with Crippen molar-refractivity contribution in [1.82, 2.24) is 0 Å². The van der Waals surface area contributed by atoms with Gasteiger partial charge >= 0.3 is 17.9 Å². The van der Waals surface area contributed by atoms with Gasteiger partial charge in [0.1, 0.15) is 17.8 Å². The Kier molecular flexibility index (Phi) is 4.51. The van der Waals surface area contributed by atoms with E-state index in [1.807, 2.05) is 39.8 Å². The van der Waals surface area contributed by atoms with Crippen molar-refractivity contribution in [3.8, 4) is 0 Å². The van der Waals surface area contributed by atoms with Gasteiger partial charge in [-0.3, -0.25) is 14.4 Å². The largest absolute Gasteiger partial charge is 0.458 e. The van der Waals surface area contributed by atoms with Gasteiger partial charge < -0.3 is 14.2 Å². The lowest BCUT2D eigenvalue weighted by atomic mass is 9.78. The van der Waals surface area contributed by atoms with Crippen LogP contribution in [0.25, 0.3) is 0 Å². The third kappa shape index (κ3) is 3.09. The van der Waals surface area contributed by atoms with Crippen LogP contribution in [-0.2, 0) is 41.4 Å². The zero-order chi connectivity index (χ0) is 22.1.